The van der Waals surface area contributed by atoms with Crippen molar-refractivity contribution in [1.82, 2.24) is 0 Å². The van der Waals surface area contributed by atoms with Crippen molar-refractivity contribution in [3.05, 3.63) is 0 Å². The predicted octanol–water partition coefficient (Wildman–Crippen LogP) is -3.09. The Morgan fingerprint density at radius 1 is 1.17 bits per heavy atom. The van der Waals surface area contributed by atoms with Crippen LogP contribution in [0.3, 0.4) is 0 Å². The van der Waals surface area contributed by atoms with Crippen LogP contribution in [0.5, 0.6) is 0 Å². The topological polar surface area (TPSA) is 69.2 Å². The second-order valence-corrected chi connectivity index (χ2v) is 2.68. The molecule has 0 spiro atoms. The van der Waals surface area contributed by atoms with E-state index in [9.17, 15) is 0 Å². The summed E-state index contributed by atoms with van der Waals surface area (Å²) in [4.78, 5) is 26.8. The molecule has 6 heteroatoms. The molecule has 0 amide bonds. The van der Waals surface area contributed by atoms with Gasteiger partial charge in [-0.2, -0.15) is 11.8 Å². The Morgan fingerprint density at radius 3 is 1.17 bits per heavy atom. The van der Waals surface area contributed by atoms with Crippen LogP contribution in [0.25, 0.3) is 0 Å². The van der Waals surface area contributed by atoms with Gasteiger partial charge in [-0.15, -0.1) is 0 Å². The first kappa shape index (κ1) is 10.4. The molecular weight excluding hydrogens is 318 g/mol. The van der Waals surface area contributed by atoms with Gasteiger partial charge < -0.3 is 21.4 Å². The Morgan fingerprint density at radius 2 is 1.17 bits per heavy atom. The largest absolute Gasteiger partial charge is 3.00 e. The van der Waals surface area contributed by atoms with Crippen LogP contribution in [0, 0.1) is 0 Å². The zero-order valence-corrected chi connectivity index (χ0v) is 8.18. The van der Waals surface area contributed by atoms with Crippen molar-refractivity contribution in [3.8, 4) is 0 Å². The van der Waals surface area contributed by atoms with Gasteiger partial charge in [0.05, 0.1) is 0 Å². The summed E-state index contributed by atoms with van der Waals surface area (Å²) >= 11 is 3.27. The van der Waals surface area contributed by atoms with Gasteiger partial charge in [-0.3, -0.25) is 0 Å². The summed E-state index contributed by atoms with van der Waals surface area (Å²) in [5, 5.41) is 0. The summed E-state index contributed by atoms with van der Waals surface area (Å²) in [6, 6.07) is 0. The third-order valence-electron chi connectivity index (χ3n) is 0. The van der Waals surface area contributed by atoms with Crippen molar-refractivity contribution in [2.75, 3.05) is 0 Å². The van der Waals surface area contributed by atoms with Gasteiger partial charge in [-0.1, -0.05) is 0 Å². The molecule has 0 aliphatic rings. The third kappa shape index (κ3) is 51.3. The fraction of sp³-hybridized carbons (Fsp3) is 0. The molecule has 0 saturated heterocycles. The van der Waals surface area contributed by atoms with E-state index in [2.05, 4.69) is 11.8 Å². The summed E-state index contributed by atoms with van der Waals surface area (Å²) in [7, 11) is 0. The van der Waals surface area contributed by atoms with Crippen molar-refractivity contribution in [1.29, 1.82) is 0 Å². The van der Waals surface area contributed by atoms with Gasteiger partial charge in [0.2, 0.25) is 0 Å². The molecular formula is O3PPbS. The van der Waals surface area contributed by atoms with Crippen LogP contribution >= 0.6 is 6.72 Å². The Kier molecular flexibility index (Phi) is 6.01. The second kappa shape index (κ2) is 3.45. The summed E-state index contributed by atoms with van der Waals surface area (Å²) in [5.41, 5.74) is 0. The van der Waals surface area contributed by atoms with Gasteiger partial charge in [0.25, 0.3) is 0 Å². The van der Waals surface area contributed by atoms with Crippen LogP contribution in [0.4, 0.5) is 0 Å². The predicted molar refractivity (Wildman–Crippen MR) is 20.0 cm³/mol. The van der Waals surface area contributed by atoms with Crippen molar-refractivity contribution < 1.29 is 14.7 Å². The monoisotopic (exact) mass is 319 g/mol. The molecule has 1 radical (unpaired) electrons. The fourth-order valence-electron chi connectivity index (χ4n) is 0. The molecule has 0 aromatic heterocycles. The molecule has 0 aliphatic carbocycles. The number of hydrogen-bond acceptors (Lipinski definition) is 4. The molecule has 6 heavy (non-hydrogen) atoms. The Hall–Kier alpha value is 1.45. The maximum absolute atomic E-state index is 8.92. The van der Waals surface area contributed by atoms with E-state index in [0.29, 0.717) is 0 Å². The van der Waals surface area contributed by atoms with Crippen molar-refractivity contribution >= 4 is 45.8 Å². The van der Waals surface area contributed by atoms with Crippen LogP contribution in [0.2, 0.25) is 0 Å². The zero-order valence-electron chi connectivity index (χ0n) is 2.58. The standard InChI is InChI=1S/H3O3PS.Pb/c1-4(2,3)5;/h(H3,1,2,3,5);/q;+3/p-3. The Bertz CT molecular complexity index is 56.9. The first-order valence-corrected chi connectivity index (χ1v) is 3.29. The smallest absolute Gasteiger partial charge is 0.844 e. The van der Waals surface area contributed by atoms with E-state index in [0.717, 1.165) is 0 Å². The minimum Gasteiger partial charge on any atom is -0.844 e. The minimum absolute atomic E-state index is 0. The van der Waals surface area contributed by atoms with Crippen LogP contribution < -0.4 is 14.7 Å². The molecule has 0 aromatic carbocycles. The van der Waals surface area contributed by atoms with Crippen LogP contribution in [0.15, 0.2) is 0 Å². The summed E-state index contributed by atoms with van der Waals surface area (Å²) in [5.74, 6) is 0. The minimum atomic E-state index is -4.56. The molecule has 0 unspecified atom stereocenters. The van der Waals surface area contributed by atoms with Crippen molar-refractivity contribution in [3.63, 3.8) is 0 Å². The van der Waals surface area contributed by atoms with E-state index in [-0.39, 0.29) is 27.3 Å². The Labute approximate surface area is 60.4 Å². The molecule has 0 atom stereocenters. The molecule has 3 nitrogen and oxygen atoms in total. The van der Waals surface area contributed by atoms with Crippen LogP contribution in [-0.2, 0) is 11.8 Å². The van der Waals surface area contributed by atoms with Crippen LogP contribution in [0.1, 0.15) is 0 Å². The molecule has 0 aliphatic heterocycles. The summed E-state index contributed by atoms with van der Waals surface area (Å²) in [6.45, 7) is -4.56. The SMILES string of the molecule is [O-]P([O-])([O-])=S.[Pb+3]. The van der Waals surface area contributed by atoms with Gasteiger partial charge in [-0.25, -0.2) is 0 Å². The molecule has 0 bridgehead atoms. The van der Waals surface area contributed by atoms with Gasteiger partial charge in [0.1, 0.15) is 0 Å². The number of hydrogen-bond donors (Lipinski definition) is 0. The number of rotatable bonds is 0. The first-order chi connectivity index (χ1) is 2.00. The average molecular weight is 318 g/mol. The third-order valence-corrected chi connectivity index (χ3v) is 0. The summed E-state index contributed by atoms with van der Waals surface area (Å²) in [6.07, 6.45) is 0. The maximum Gasteiger partial charge on any atom is 3.00 e. The van der Waals surface area contributed by atoms with Gasteiger partial charge in [0, 0.05) is 0 Å². The molecule has 0 heterocycles. The fourth-order valence-corrected chi connectivity index (χ4v) is 0. The maximum atomic E-state index is 8.92. The normalized spacial score (nSPS) is 9.83. The van der Waals surface area contributed by atoms with Crippen molar-refractivity contribution in [2.45, 2.75) is 0 Å². The average Bonchev–Trinajstić information content (AvgIpc) is 0.722. The van der Waals surface area contributed by atoms with Gasteiger partial charge in [-0.05, 0) is 0 Å². The molecule has 0 fully saturated rings. The van der Waals surface area contributed by atoms with E-state index in [1.165, 1.54) is 0 Å². The van der Waals surface area contributed by atoms with E-state index < -0.39 is 6.72 Å². The molecule has 0 saturated carbocycles. The zero-order chi connectivity index (χ0) is 4.50. The quantitative estimate of drug-likeness (QED) is 0.351. The Balaban J connectivity index is 0. The van der Waals surface area contributed by atoms with Crippen molar-refractivity contribution in [2.24, 2.45) is 0 Å². The molecule has 0 rings (SSSR count). The van der Waals surface area contributed by atoms with Gasteiger partial charge in [0.15, 0.2) is 0 Å². The van der Waals surface area contributed by atoms with Crippen LogP contribution in [-0.4, -0.2) is 27.3 Å². The summed E-state index contributed by atoms with van der Waals surface area (Å²) < 4.78 is 0. The second-order valence-electron chi connectivity index (χ2n) is 0.447. The molecule has 33 valence electrons. The van der Waals surface area contributed by atoms with E-state index >= 15 is 0 Å². The van der Waals surface area contributed by atoms with E-state index in [1.54, 1.807) is 0 Å². The van der Waals surface area contributed by atoms with E-state index in [4.69, 9.17) is 14.7 Å². The molecule has 0 N–H and O–H groups in total. The van der Waals surface area contributed by atoms with Gasteiger partial charge >= 0.3 is 27.3 Å². The first-order valence-electron chi connectivity index (χ1n) is 0.730. The molecule has 0 aromatic rings. The van der Waals surface area contributed by atoms with E-state index in [1.807, 2.05) is 0 Å².